The average molecular weight is 1630 g/mol. The molecule has 46 heteroatoms. The lowest BCUT2D eigenvalue weighted by Crippen LogP contribution is -2.62. The Balaban J connectivity index is 1.93. The highest BCUT2D eigenvalue weighted by atomic mass is 16.4. The van der Waals surface area contributed by atoms with Crippen molar-refractivity contribution in [3.63, 3.8) is 0 Å². The Bertz CT molecular complexity index is 3780. The molecular formula is C69H108N24O22. The number of amides is 15. The second kappa shape index (κ2) is 49.9. The largest absolute Gasteiger partial charge is 0.481 e. The Labute approximate surface area is 659 Å². The molecule has 0 spiro atoms. The topological polar surface area (TPSA) is 771 Å². The van der Waals surface area contributed by atoms with Crippen LogP contribution in [0.2, 0.25) is 0 Å². The van der Waals surface area contributed by atoms with E-state index in [0.29, 0.717) is 12.0 Å². The molecule has 3 aromatic rings. The second-order valence-corrected chi connectivity index (χ2v) is 27.3. The van der Waals surface area contributed by atoms with Crippen molar-refractivity contribution in [1.82, 2.24) is 94.4 Å². The Morgan fingerprint density at radius 3 is 1.29 bits per heavy atom. The molecule has 32 N–H and O–H groups in total. The van der Waals surface area contributed by atoms with E-state index in [1.165, 1.54) is 44.1 Å². The summed E-state index contributed by atoms with van der Waals surface area (Å²) in [5.74, 6) is -21.6. The van der Waals surface area contributed by atoms with Gasteiger partial charge in [-0.25, -0.2) is 9.97 Å². The monoisotopic (exact) mass is 1620 g/mol. The van der Waals surface area contributed by atoms with Crippen LogP contribution < -0.4 is 103 Å². The van der Waals surface area contributed by atoms with Crippen LogP contribution >= 0.6 is 0 Å². The number of unbranched alkanes of at least 4 members (excludes halogenated alkanes) is 1. The average Bonchev–Trinajstić information content (AvgIpc) is 1.62. The van der Waals surface area contributed by atoms with Gasteiger partial charge in [-0.2, -0.15) is 0 Å². The van der Waals surface area contributed by atoms with Gasteiger partial charge in [-0.05, 0) is 69.4 Å². The molecule has 0 aliphatic carbocycles. The van der Waals surface area contributed by atoms with Crippen LogP contribution in [0.25, 0.3) is 0 Å². The first-order valence-electron chi connectivity index (χ1n) is 36.7. The van der Waals surface area contributed by atoms with Crippen molar-refractivity contribution in [3.05, 3.63) is 72.3 Å². The molecule has 46 nitrogen and oxygen atoms in total. The standard InChI is InChI=1S/C69H108N24O22/c1-6-34(4)54(72)68(115)90-47(25-53(101)102)64(111)88-45(23-50(71)97)62(109)87-44(22-38-27-77-32-81-38)61(108)84-40(16-12-18-78-69(74)75)59(106)91-48(29-94)66(113)85-42(20-36-13-8-7-9-14-36)60(107)92-49(30-95)67(114)89-46(24-52(99)100)63(110)83-39(15-10-11-17-70)58(105)86-43(21-37-26-76-31-80-37)57(104)79-28-51(98)82-41(19-33(2)3)65(112)93-55(35(5)96)56(73)103/h7-9,13-14,26-27,31-35,39-49,54-55,94-96H,6,10-12,15-25,28-30,70,72H2,1-5H3,(H2,71,97)(H2,73,103)(H,76,80)(H,77,81)(H,79,104)(H,82,98)(H,83,110)(H,84,108)(H,85,113)(H,86,105)(H,87,109)(H,88,111)(H,89,114)(H,90,115)(H,91,106)(H,92,107)(H,93,112)(H,99,100)(H,101,102)(H4,74,75,78)/t34?,35?,39-,40-,41-,42-,43-,44-,45-,46-,47-,48-,49-,54-,55-/m0/s1. The Morgan fingerprint density at radius 1 is 0.478 bits per heavy atom. The number of hydrogen-bond donors (Lipinski definition) is 27. The van der Waals surface area contributed by atoms with Crippen molar-refractivity contribution < 1.29 is 107 Å². The summed E-state index contributed by atoms with van der Waals surface area (Å²) in [6.07, 6.45) is -0.486. The SMILES string of the molecule is CCC(C)[C@H](N)C(=O)N[C@@H](CC(=O)O)C(=O)N[C@@H](CC(N)=O)C(=O)N[C@@H](Cc1c[nH]cn1)C(=O)N[C@@H](CCCNC(=N)N)C(=O)N[C@@H](CO)C(=O)N[C@@H](Cc1ccccc1)C(=O)N[C@@H](CO)C(=O)N[C@@H](CC(=O)O)C(=O)N[C@@H](CCCCN)C(=O)N[C@@H](Cc1c[nH]cn1)C(=O)NCC(=O)N[C@@H](CC(C)C)C(=O)N[C@H](C(N)=O)C(C)O. The maximum atomic E-state index is 14.5. The van der Waals surface area contributed by atoms with Gasteiger partial charge in [0.2, 0.25) is 88.6 Å². The minimum Gasteiger partial charge on any atom is -0.481 e. The highest BCUT2D eigenvalue weighted by Crippen LogP contribution is 2.13. The van der Waals surface area contributed by atoms with E-state index in [-0.39, 0.29) is 75.3 Å². The molecule has 15 amide bonds. The summed E-state index contributed by atoms with van der Waals surface area (Å²) in [6.45, 7) is 4.73. The van der Waals surface area contributed by atoms with Gasteiger partial charge in [0.15, 0.2) is 5.96 Å². The Hall–Kier alpha value is -12.3. The highest BCUT2D eigenvalue weighted by Gasteiger charge is 2.39. The third-order valence-electron chi connectivity index (χ3n) is 17.4. The number of nitrogens with two attached hydrogens (primary N) is 5. The minimum atomic E-state index is -2.10. The molecule has 2 unspecified atom stereocenters. The number of hydrogen-bond acceptors (Lipinski definition) is 25. The number of aliphatic carboxylic acids is 2. The third kappa shape index (κ3) is 35.5. The van der Waals surface area contributed by atoms with Crippen LogP contribution in [0.15, 0.2) is 55.4 Å². The van der Waals surface area contributed by atoms with Gasteiger partial charge in [-0.15, -0.1) is 0 Å². The predicted octanol–water partition coefficient (Wildman–Crippen LogP) is -10.4. The maximum Gasteiger partial charge on any atom is 0.305 e. The van der Waals surface area contributed by atoms with Crippen molar-refractivity contribution >= 4 is 107 Å². The maximum absolute atomic E-state index is 14.5. The molecule has 0 bridgehead atoms. The van der Waals surface area contributed by atoms with Gasteiger partial charge < -0.3 is 139 Å². The van der Waals surface area contributed by atoms with Crippen molar-refractivity contribution in [2.45, 2.75) is 203 Å². The van der Waals surface area contributed by atoms with E-state index in [1.54, 1.807) is 45.9 Å². The quantitative estimate of drug-likeness (QED) is 0.0142. The normalized spacial score (nSPS) is 15.0. The zero-order valence-electron chi connectivity index (χ0n) is 64.1. The third-order valence-corrected chi connectivity index (χ3v) is 17.4. The number of carboxylic acids is 2. The smallest absolute Gasteiger partial charge is 0.305 e. The van der Waals surface area contributed by atoms with Crippen LogP contribution in [0.5, 0.6) is 0 Å². The summed E-state index contributed by atoms with van der Waals surface area (Å²) in [4.78, 5) is 244. The van der Waals surface area contributed by atoms with E-state index >= 15 is 0 Å². The lowest BCUT2D eigenvalue weighted by Gasteiger charge is -2.28. The lowest BCUT2D eigenvalue weighted by atomic mass is 9.99. The van der Waals surface area contributed by atoms with E-state index in [9.17, 15) is 107 Å². The van der Waals surface area contributed by atoms with E-state index in [2.05, 4.69) is 94.4 Å². The van der Waals surface area contributed by atoms with E-state index in [4.69, 9.17) is 34.1 Å². The number of nitrogens with one attached hydrogen (secondary N) is 17. The number of guanidine groups is 1. The highest BCUT2D eigenvalue weighted by molar-refractivity contribution is 6.01. The van der Waals surface area contributed by atoms with Crippen molar-refractivity contribution in [1.29, 1.82) is 5.41 Å². The molecule has 1 aromatic carbocycles. The number of carbonyl (C=O) groups excluding carboxylic acids is 15. The predicted molar refractivity (Wildman–Crippen MR) is 403 cm³/mol. The van der Waals surface area contributed by atoms with Crippen LogP contribution in [0, 0.1) is 17.2 Å². The zero-order valence-corrected chi connectivity index (χ0v) is 64.1. The fourth-order valence-corrected chi connectivity index (χ4v) is 11.0. The molecule has 0 fully saturated rings. The number of imidazole rings is 2. The molecule has 115 heavy (non-hydrogen) atoms. The number of aliphatic hydroxyl groups excluding tert-OH is 3. The van der Waals surface area contributed by atoms with Gasteiger partial charge in [0, 0.05) is 38.2 Å². The summed E-state index contributed by atoms with van der Waals surface area (Å²) in [7, 11) is 0. The molecule has 2 aromatic heterocycles. The van der Waals surface area contributed by atoms with Crippen LogP contribution in [0.1, 0.15) is 116 Å². The number of primary amides is 2. The molecule has 0 aliphatic rings. The van der Waals surface area contributed by atoms with Gasteiger partial charge in [0.1, 0.15) is 72.5 Å². The van der Waals surface area contributed by atoms with Crippen molar-refractivity contribution in [2.24, 2.45) is 40.5 Å². The van der Waals surface area contributed by atoms with E-state index in [1.807, 2.05) is 0 Å². The molecule has 0 aliphatic heterocycles. The minimum absolute atomic E-state index is 0.0275. The van der Waals surface area contributed by atoms with E-state index < -0.39 is 249 Å². The summed E-state index contributed by atoms with van der Waals surface area (Å²) in [5.41, 5.74) is 28.7. The number of aliphatic hydroxyl groups is 3. The van der Waals surface area contributed by atoms with Gasteiger partial charge in [0.05, 0.1) is 75.2 Å². The lowest BCUT2D eigenvalue weighted by molar-refractivity contribution is -0.142. The van der Waals surface area contributed by atoms with Crippen LogP contribution in [-0.4, -0.2) is 269 Å². The number of carbonyl (C=O) groups is 17. The first kappa shape index (κ1) is 96.9. The Morgan fingerprint density at radius 2 is 0.878 bits per heavy atom. The van der Waals surface area contributed by atoms with Gasteiger partial charge in [-0.1, -0.05) is 64.4 Å². The van der Waals surface area contributed by atoms with Crippen molar-refractivity contribution in [2.75, 3.05) is 32.8 Å². The molecule has 2 heterocycles. The number of H-pyrrole nitrogens is 2. The summed E-state index contributed by atoms with van der Waals surface area (Å²) in [6, 6.07) is -14.8. The number of rotatable bonds is 54. The summed E-state index contributed by atoms with van der Waals surface area (Å²) in [5, 5.41) is 91.3. The fraction of sp³-hybridized carbons (Fsp3) is 0.565. The number of carboxylic acid groups (broad SMARTS) is 2. The molecule has 0 saturated carbocycles. The molecule has 0 radical (unpaired) electrons. The fourth-order valence-electron chi connectivity index (χ4n) is 11.0. The van der Waals surface area contributed by atoms with Gasteiger partial charge >= 0.3 is 11.9 Å². The van der Waals surface area contributed by atoms with Gasteiger partial charge in [-0.3, -0.25) is 86.9 Å². The summed E-state index contributed by atoms with van der Waals surface area (Å²) < 4.78 is 0. The zero-order chi connectivity index (χ0) is 86.2. The molecule has 15 atom stereocenters. The van der Waals surface area contributed by atoms with Crippen LogP contribution in [0.3, 0.4) is 0 Å². The Kier molecular flexibility index (Phi) is 42.1. The first-order chi connectivity index (χ1) is 54.3. The molecule has 3 rings (SSSR count). The number of aromatic nitrogens is 4. The molecule has 0 saturated heterocycles. The van der Waals surface area contributed by atoms with Crippen LogP contribution in [0.4, 0.5) is 0 Å². The van der Waals surface area contributed by atoms with E-state index in [0.717, 1.165) is 0 Å². The van der Waals surface area contributed by atoms with Crippen LogP contribution in [-0.2, 0) is 101 Å². The molecular weight excluding hydrogens is 1520 g/mol. The van der Waals surface area contributed by atoms with Gasteiger partial charge in [0.25, 0.3) is 0 Å². The van der Waals surface area contributed by atoms with Crippen molar-refractivity contribution in [3.8, 4) is 0 Å². The second-order valence-electron chi connectivity index (χ2n) is 27.3. The number of nitrogens with zero attached hydrogens (tertiary/aromatic N) is 2. The number of benzene rings is 1. The summed E-state index contributed by atoms with van der Waals surface area (Å²) >= 11 is 0. The molecule has 636 valence electrons. The number of aromatic amines is 2. The first-order valence-corrected chi connectivity index (χ1v) is 36.7.